The van der Waals surface area contributed by atoms with Gasteiger partial charge in [-0.05, 0) is 50.7 Å². The van der Waals surface area contributed by atoms with Crippen LogP contribution in [0.1, 0.15) is 50.0 Å². The number of nitrogens with one attached hydrogen (secondary N) is 3. The molecule has 0 radical (unpaired) electrons. The molecule has 3 heterocycles. The molecule has 0 aliphatic heterocycles. The van der Waals surface area contributed by atoms with E-state index >= 15 is 0 Å². The molecule has 1 unspecified atom stereocenters. The Balaban J connectivity index is 1.66. The second-order valence-corrected chi connectivity index (χ2v) is 8.86. The summed E-state index contributed by atoms with van der Waals surface area (Å²) >= 11 is 0. The van der Waals surface area contributed by atoms with Crippen LogP contribution in [0.25, 0.3) is 5.65 Å². The number of anilines is 3. The zero-order valence-corrected chi connectivity index (χ0v) is 19.0. The van der Waals surface area contributed by atoms with Crippen molar-refractivity contribution in [2.75, 3.05) is 22.6 Å². The monoisotopic (exact) mass is 452 g/mol. The predicted octanol–water partition coefficient (Wildman–Crippen LogP) is 2.49. The lowest BCUT2D eigenvalue weighted by molar-refractivity contribution is 0.102. The molecule has 1 aliphatic carbocycles. The van der Waals surface area contributed by atoms with E-state index in [4.69, 9.17) is 10.8 Å². The van der Waals surface area contributed by atoms with Gasteiger partial charge in [-0.3, -0.25) is 9.78 Å². The van der Waals surface area contributed by atoms with Gasteiger partial charge < -0.3 is 26.8 Å². The van der Waals surface area contributed by atoms with Crippen molar-refractivity contribution in [2.24, 2.45) is 11.7 Å². The number of aromatic nitrogens is 4. The van der Waals surface area contributed by atoms with Crippen LogP contribution in [-0.4, -0.2) is 55.3 Å². The van der Waals surface area contributed by atoms with E-state index < -0.39 is 0 Å². The minimum atomic E-state index is -0.315. The van der Waals surface area contributed by atoms with Crippen molar-refractivity contribution in [3.63, 3.8) is 0 Å². The van der Waals surface area contributed by atoms with Crippen LogP contribution in [0.3, 0.4) is 0 Å². The van der Waals surface area contributed by atoms with E-state index in [2.05, 4.69) is 25.9 Å². The third-order valence-electron chi connectivity index (χ3n) is 6.29. The lowest BCUT2D eigenvalue weighted by atomic mass is 9.92. The molecule has 3 aromatic heterocycles. The van der Waals surface area contributed by atoms with Crippen molar-refractivity contribution in [3.8, 4) is 0 Å². The van der Waals surface area contributed by atoms with Gasteiger partial charge in [-0.15, -0.1) is 5.10 Å². The fraction of sp³-hybridized carbons (Fsp3) is 0.478. The Bertz CT molecular complexity index is 1080. The van der Waals surface area contributed by atoms with Gasteiger partial charge in [0.2, 0.25) is 0 Å². The number of hydrogen-bond donors (Lipinski definition) is 5. The van der Waals surface area contributed by atoms with Crippen LogP contribution in [-0.2, 0) is 0 Å². The molecule has 4 rings (SSSR count). The number of carbonyl (C=O) groups excluding carboxylic acids is 1. The zero-order chi connectivity index (χ0) is 23.4. The average molecular weight is 453 g/mol. The molecule has 6 N–H and O–H groups in total. The van der Waals surface area contributed by atoms with Crippen molar-refractivity contribution in [1.29, 1.82) is 0 Å². The van der Waals surface area contributed by atoms with Crippen molar-refractivity contribution in [3.05, 3.63) is 42.5 Å². The number of nitrogens with zero attached hydrogens (tertiary/aromatic N) is 4. The van der Waals surface area contributed by atoms with Crippen LogP contribution in [0.4, 0.5) is 17.2 Å². The number of fused-ring (bicyclic) bond motifs is 1. The summed E-state index contributed by atoms with van der Waals surface area (Å²) in [5, 5.41) is 24.1. The fourth-order valence-electron chi connectivity index (χ4n) is 3.95. The lowest BCUT2D eigenvalue weighted by Gasteiger charge is -2.27. The summed E-state index contributed by atoms with van der Waals surface area (Å²) in [4.78, 5) is 21.4. The summed E-state index contributed by atoms with van der Waals surface area (Å²) in [6.07, 6.45) is 8.65. The Labute approximate surface area is 193 Å². The molecule has 1 amide bonds. The summed E-state index contributed by atoms with van der Waals surface area (Å²) in [6.45, 7) is 4.05. The summed E-state index contributed by atoms with van der Waals surface area (Å²) in [6, 6.07) is 5.89. The van der Waals surface area contributed by atoms with E-state index in [-0.39, 0.29) is 36.6 Å². The highest BCUT2D eigenvalue weighted by atomic mass is 16.3. The maximum atomic E-state index is 13.0. The minimum Gasteiger partial charge on any atom is -0.396 e. The molecular weight excluding hydrogens is 420 g/mol. The van der Waals surface area contributed by atoms with Gasteiger partial charge >= 0.3 is 0 Å². The Morgan fingerprint density at radius 1 is 1.24 bits per heavy atom. The number of pyridine rings is 1. The van der Waals surface area contributed by atoms with Crippen molar-refractivity contribution in [1.82, 2.24) is 19.6 Å². The maximum absolute atomic E-state index is 13.0. The number of nitrogens with two attached hydrogens (primary N) is 1. The molecule has 3 aromatic rings. The molecule has 10 heteroatoms. The van der Waals surface area contributed by atoms with Gasteiger partial charge in [0, 0.05) is 48.9 Å². The van der Waals surface area contributed by atoms with Gasteiger partial charge in [-0.25, -0.2) is 9.50 Å². The first kappa shape index (κ1) is 22.9. The molecule has 0 spiro atoms. The van der Waals surface area contributed by atoms with E-state index in [1.54, 1.807) is 29.0 Å². The van der Waals surface area contributed by atoms with Gasteiger partial charge in [0.1, 0.15) is 5.82 Å². The molecule has 0 aromatic carbocycles. The molecule has 1 fully saturated rings. The quantitative estimate of drug-likeness (QED) is 0.351. The van der Waals surface area contributed by atoms with Crippen LogP contribution in [0.15, 0.2) is 36.8 Å². The standard InChI is InChI=1S/C23H32N8O2/c1-14(13-32)15(2)27-19-11-21(28-17-5-3-16(24)4-6-17)30-31-20(12-26-22(19)31)23(33)29-18-7-9-25-10-8-18/h7-12,14-17,27,32H,3-6,13,24H2,1-2H3,(H,28,30)(H,25,29,33)/t14-,15?,16-,17-/m1/s1. The number of aliphatic hydroxyl groups excluding tert-OH is 1. The van der Waals surface area contributed by atoms with Crippen molar-refractivity contribution >= 4 is 28.7 Å². The number of carbonyl (C=O) groups is 1. The lowest BCUT2D eigenvalue weighted by Crippen LogP contribution is -2.33. The largest absolute Gasteiger partial charge is 0.396 e. The molecule has 10 nitrogen and oxygen atoms in total. The first-order valence-corrected chi connectivity index (χ1v) is 11.4. The van der Waals surface area contributed by atoms with Crippen LogP contribution < -0.4 is 21.7 Å². The number of rotatable bonds is 8. The van der Waals surface area contributed by atoms with Crippen LogP contribution in [0, 0.1) is 5.92 Å². The Morgan fingerprint density at radius 3 is 2.67 bits per heavy atom. The summed E-state index contributed by atoms with van der Waals surface area (Å²) in [7, 11) is 0. The third-order valence-corrected chi connectivity index (χ3v) is 6.29. The fourth-order valence-corrected chi connectivity index (χ4v) is 3.95. The Hall–Kier alpha value is -3.24. The van der Waals surface area contributed by atoms with Gasteiger partial charge in [-0.1, -0.05) is 6.92 Å². The molecule has 176 valence electrons. The Morgan fingerprint density at radius 2 is 1.97 bits per heavy atom. The van der Waals surface area contributed by atoms with E-state index in [0.29, 0.717) is 22.8 Å². The van der Waals surface area contributed by atoms with E-state index in [1.807, 2.05) is 19.9 Å². The highest BCUT2D eigenvalue weighted by Gasteiger charge is 2.22. The minimum absolute atomic E-state index is 0.00692. The first-order chi connectivity index (χ1) is 15.9. The van der Waals surface area contributed by atoms with Crippen LogP contribution in [0.2, 0.25) is 0 Å². The van der Waals surface area contributed by atoms with E-state index in [9.17, 15) is 9.90 Å². The smallest absolute Gasteiger partial charge is 0.276 e. The molecule has 2 atom stereocenters. The predicted molar refractivity (Wildman–Crippen MR) is 128 cm³/mol. The van der Waals surface area contributed by atoms with Gasteiger partial charge in [0.25, 0.3) is 5.91 Å². The first-order valence-electron chi connectivity index (χ1n) is 11.4. The third kappa shape index (κ3) is 5.40. The summed E-state index contributed by atoms with van der Waals surface area (Å²) in [5.74, 6) is 0.383. The normalized spacial score (nSPS) is 20.2. The van der Waals surface area contributed by atoms with Crippen molar-refractivity contribution < 1.29 is 9.90 Å². The summed E-state index contributed by atoms with van der Waals surface area (Å²) in [5.41, 5.74) is 8.31. The van der Waals surface area contributed by atoms with Crippen LogP contribution in [0.5, 0.6) is 0 Å². The number of imidazole rings is 1. The molecular formula is C23H32N8O2. The molecule has 0 bridgehead atoms. The average Bonchev–Trinajstić information content (AvgIpc) is 3.25. The van der Waals surface area contributed by atoms with E-state index in [1.165, 1.54) is 6.20 Å². The van der Waals surface area contributed by atoms with Gasteiger partial charge in [0.15, 0.2) is 11.3 Å². The van der Waals surface area contributed by atoms with Gasteiger partial charge in [0.05, 0.1) is 11.9 Å². The maximum Gasteiger partial charge on any atom is 0.276 e. The summed E-state index contributed by atoms with van der Waals surface area (Å²) < 4.78 is 1.56. The highest BCUT2D eigenvalue weighted by molar-refractivity contribution is 6.03. The number of amides is 1. The second-order valence-electron chi connectivity index (χ2n) is 8.86. The topological polar surface area (TPSA) is 142 Å². The number of aliphatic hydroxyl groups is 1. The number of hydrogen-bond acceptors (Lipinski definition) is 8. The van der Waals surface area contributed by atoms with Crippen molar-refractivity contribution in [2.45, 2.75) is 57.7 Å². The Kier molecular flexibility index (Phi) is 7.05. The highest BCUT2D eigenvalue weighted by Crippen LogP contribution is 2.26. The second kappa shape index (κ2) is 10.1. The molecule has 33 heavy (non-hydrogen) atoms. The molecule has 0 saturated heterocycles. The SMILES string of the molecule is CC(Nc1cc(N[C@H]2CC[C@H](N)CC2)nn2c(C(=O)Nc3ccncc3)cnc12)[C@H](C)CO. The van der Waals surface area contributed by atoms with Gasteiger partial charge in [-0.2, -0.15) is 0 Å². The molecule has 1 aliphatic rings. The van der Waals surface area contributed by atoms with E-state index in [0.717, 1.165) is 31.4 Å². The molecule has 1 saturated carbocycles. The van der Waals surface area contributed by atoms with Crippen LogP contribution >= 0.6 is 0 Å². The zero-order valence-electron chi connectivity index (χ0n) is 19.0.